The number of nitrogens with zero attached hydrogens (tertiary/aromatic N) is 2. The van der Waals surface area contributed by atoms with E-state index in [9.17, 15) is 4.79 Å². The monoisotopic (exact) mass is 231 g/mol. The molecule has 0 atom stereocenters. The van der Waals surface area contributed by atoms with E-state index in [1.54, 1.807) is 0 Å². The molecule has 17 heavy (non-hydrogen) atoms. The summed E-state index contributed by atoms with van der Waals surface area (Å²) in [5.74, 6) is -0.551. The van der Waals surface area contributed by atoms with Gasteiger partial charge in [-0.1, -0.05) is 17.3 Å². The zero-order valence-electron chi connectivity index (χ0n) is 9.68. The Morgan fingerprint density at radius 1 is 1.29 bits per heavy atom. The predicted octanol–water partition coefficient (Wildman–Crippen LogP) is 1.51. The first-order valence-corrected chi connectivity index (χ1v) is 5.12. The maximum absolute atomic E-state index is 10.9. The molecule has 0 aliphatic heterocycles. The summed E-state index contributed by atoms with van der Waals surface area (Å²) < 4.78 is 4.82. The van der Waals surface area contributed by atoms with Crippen molar-refractivity contribution in [3.8, 4) is 11.3 Å². The second-order valence-corrected chi connectivity index (χ2v) is 3.88. The second kappa shape index (κ2) is 4.29. The van der Waals surface area contributed by atoms with Crippen LogP contribution in [0.15, 0.2) is 34.9 Å². The summed E-state index contributed by atoms with van der Waals surface area (Å²) in [5, 5.41) is 3.79. The number of rotatable bonds is 3. The zero-order chi connectivity index (χ0) is 12.4. The van der Waals surface area contributed by atoms with Crippen molar-refractivity contribution in [2.75, 3.05) is 19.0 Å². The summed E-state index contributed by atoms with van der Waals surface area (Å²) in [7, 11) is 3.94. The minimum atomic E-state index is -0.617. The summed E-state index contributed by atoms with van der Waals surface area (Å²) in [6.07, 6.45) is 0. The van der Waals surface area contributed by atoms with Crippen molar-refractivity contribution in [3.63, 3.8) is 0 Å². The Kier molecular flexibility index (Phi) is 2.82. The van der Waals surface area contributed by atoms with Gasteiger partial charge in [-0.2, -0.15) is 0 Å². The molecule has 0 unspecified atom stereocenters. The predicted molar refractivity (Wildman–Crippen MR) is 64.8 cm³/mol. The lowest BCUT2D eigenvalue weighted by molar-refractivity contribution is 0.0965. The number of benzene rings is 1. The van der Waals surface area contributed by atoms with Crippen LogP contribution in [0.5, 0.6) is 0 Å². The third-order valence-electron chi connectivity index (χ3n) is 2.43. The number of amides is 1. The number of carbonyl (C=O) groups excluding carboxylic acids is 1. The molecule has 0 aliphatic carbocycles. The van der Waals surface area contributed by atoms with Gasteiger partial charge in [-0.15, -0.1) is 0 Å². The van der Waals surface area contributed by atoms with Gasteiger partial charge in [0.1, 0.15) is 5.69 Å². The Bertz CT molecular complexity index is 529. The van der Waals surface area contributed by atoms with E-state index in [0.29, 0.717) is 5.69 Å². The number of nitrogens with two attached hydrogens (primary N) is 1. The van der Waals surface area contributed by atoms with Gasteiger partial charge >= 0.3 is 0 Å². The molecule has 0 radical (unpaired) electrons. The van der Waals surface area contributed by atoms with Crippen LogP contribution in [0.25, 0.3) is 11.3 Å². The Labute approximate surface area is 98.8 Å². The summed E-state index contributed by atoms with van der Waals surface area (Å²) in [4.78, 5) is 12.9. The van der Waals surface area contributed by atoms with Gasteiger partial charge in [0.15, 0.2) is 0 Å². The van der Waals surface area contributed by atoms with Crippen LogP contribution >= 0.6 is 0 Å². The van der Waals surface area contributed by atoms with Crippen LogP contribution in [0.3, 0.4) is 0 Å². The van der Waals surface area contributed by atoms with Crippen molar-refractivity contribution in [1.29, 1.82) is 0 Å². The highest BCUT2D eigenvalue weighted by atomic mass is 16.5. The first-order chi connectivity index (χ1) is 8.08. The lowest BCUT2D eigenvalue weighted by Crippen LogP contribution is -2.09. The van der Waals surface area contributed by atoms with Crippen molar-refractivity contribution in [3.05, 3.63) is 36.1 Å². The average Bonchev–Trinajstić information content (AvgIpc) is 2.78. The fourth-order valence-electron chi connectivity index (χ4n) is 1.46. The first kappa shape index (κ1) is 11.2. The molecule has 5 heteroatoms. The highest BCUT2D eigenvalue weighted by Gasteiger charge is 2.10. The fourth-order valence-corrected chi connectivity index (χ4v) is 1.46. The average molecular weight is 231 g/mol. The molecule has 0 fully saturated rings. The highest BCUT2D eigenvalue weighted by Crippen LogP contribution is 2.21. The maximum Gasteiger partial charge on any atom is 0.287 e. The molecule has 1 amide bonds. The van der Waals surface area contributed by atoms with Gasteiger partial charge < -0.3 is 15.2 Å². The lowest BCUT2D eigenvalue weighted by atomic mass is 10.1. The molecular weight excluding hydrogens is 218 g/mol. The Hall–Kier alpha value is -2.30. The number of hydrogen-bond acceptors (Lipinski definition) is 4. The van der Waals surface area contributed by atoms with Gasteiger partial charge in [0, 0.05) is 31.4 Å². The molecule has 0 bridgehead atoms. The van der Waals surface area contributed by atoms with E-state index in [1.807, 2.05) is 43.3 Å². The minimum Gasteiger partial charge on any atom is -0.378 e. The first-order valence-electron chi connectivity index (χ1n) is 5.12. The topological polar surface area (TPSA) is 72.4 Å². The van der Waals surface area contributed by atoms with Crippen molar-refractivity contribution >= 4 is 11.6 Å². The molecule has 2 rings (SSSR count). The minimum absolute atomic E-state index is 0.0664. The van der Waals surface area contributed by atoms with Crippen LogP contribution < -0.4 is 10.6 Å². The molecule has 1 aromatic carbocycles. The summed E-state index contributed by atoms with van der Waals surface area (Å²) in [6, 6.07) is 9.30. The van der Waals surface area contributed by atoms with E-state index in [-0.39, 0.29) is 5.76 Å². The van der Waals surface area contributed by atoms with Crippen LogP contribution in [-0.4, -0.2) is 25.2 Å². The number of hydrogen-bond donors (Lipinski definition) is 1. The molecule has 0 aliphatic rings. The van der Waals surface area contributed by atoms with E-state index < -0.39 is 5.91 Å². The zero-order valence-corrected chi connectivity index (χ0v) is 9.68. The number of anilines is 1. The Morgan fingerprint density at radius 3 is 2.41 bits per heavy atom. The van der Waals surface area contributed by atoms with E-state index in [2.05, 4.69) is 5.16 Å². The standard InChI is InChI=1S/C12H13N3O2/c1-15(2)9-5-3-8(4-6-9)10-7-11(12(13)16)17-14-10/h3-7H,1-2H3,(H2,13,16). The van der Waals surface area contributed by atoms with Crippen molar-refractivity contribution in [2.24, 2.45) is 5.73 Å². The molecule has 5 nitrogen and oxygen atoms in total. The van der Waals surface area contributed by atoms with Crippen LogP contribution in [0.4, 0.5) is 5.69 Å². The fraction of sp³-hybridized carbons (Fsp3) is 0.167. The Balaban J connectivity index is 2.30. The smallest absolute Gasteiger partial charge is 0.287 e. The summed E-state index contributed by atoms with van der Waals surface area (Å²) in [5.41, 5.74) is 7.66. The van der Waals surface area contributed by atoms with Crippen molar-refractivity contribution in [1.82, 2.24) is 5.16 Å². The second-order valence-electron chi connectivity index (χ2n) is 3.88. The maximum atomic E-state index is 10.9. The van der Waals surface area contributed by atoms with Gasteiger partial charge in [-0.05, 0) is 12.1 Å². The number of primary amides is 1. The van der Waals surface area contributed by atoms with Gasteiger partial charge in [-0.25, -0.2) is 0 Å². The molecule has 88 valence electrons. The van der Waals surface area contributed by atoms with Crippen LogP contribution in [0.1, 0.15) is 10.6 Å². The van der Waals surface area contributed by atoms with E-state index in [4.69, 9.17) is 10.3 Å². The third kappa shape index (κ3) is 2.28. The molecule has 0 spiro atoms. The highest BCUT2D eigenvalue weighted by molar-refractivity contribution is 5.90. The van der Waals surface area contributed by atoms with Crippen LogP contribution in [0, 0.1) is 0 Å². The van der Waals surface area contributed by atoms with Gasteiger partial charge in [0.25, 0.3) is 5.91 Å². The van der Waals surface area contributed by atoms with E-state index in [0.717, 1.165) is 11.3 Å². The molecule has 0 saturated heterocycles. The molecular formula is C12H13N3O2. The van der Waals surface area contributed by atoms with E-state index >= 15 is 0 Å². The van der Waals surface area contributed by atoms with E-state index in [1.165, 1.54) is 6.07 Å². The molecule has 2 N–H and O–H groups in total. The largest absolute Gasteiger partial charge is 0.378 e. The van der Waals surface area contributed by atoms with Crippen molar-refractivity contribution < 1.29 is 9.32 Å². The van der Waals surface area contributed by atoms with Crippen LogP contribution in [-0.2, 0) is 0 Å². The third-order valence-corrected chi connectivity index (χ3v) is 2.43. The number of carbonyl (C=O) groups is 1. The lowest BCUT2D eigenvalue weighted by Gasteiger charge is -2.11. The normalized spacial score (nSPS) is 10.2. The SMILES string of the molecule is CN(C)c1ccc(-c2cc(C(N)=O)on2)cc1. The van der Waals surface area contributed by atoms with Crippen LogP contribution in [0.2, 0.25) is 0 Å². The summed E-state index contributed by atoms with van der Waals surface area (Å²) in [6.45, 7) is 0. The van der Waals surface area contributed by atoms with Gasteiger partial charge in [-0.3, -0.25) is 4.79 Å². The van der Waals surface area contributed by atoms with Gasteiger partial charge in [0.05, 0.1) is 0 Å². The van der Waals surface area contributed by atoms with Gasteiger partial charge in [0.2, 0.25) is 5.76 Å². The molecule has 2 aromatic rings. The van der Waals surface area contributed by atoms with Crippen molar-refractivity contribution in [2.45, 2.75) is 0 Å². The summed E-state index contributed by atoms with van der Waals surface area (Å²) >= 11 is 0. The Morgan fingerprint density at radius 2 is 1.94 bits per heavy atom. The molecule has 1 aromatic heterocycles. The molecule has 0 saturated carbocycles. The number of aromatic nitrogens is 1. The molecule has 1 heterocycles. The quantitative estimate of drug-likeness (QED) is 0.869.